The fraction of sp³-hybridized carbons (Fsp3) is 0.467. The quantitative estimate of drug-likeness (QED) is 0.798. The number of anilines is 2. The van der Waals surface area contributed by atoms with Gasteiger partial charge in [-0.2, -0.15) is 0 Å². The van der Waals surface area contributed by atoms with Crippen LogP contribution in [0, 0.1) is 0 Å². The minimum absolute atomic E-state index is 0.138. The van der Waals surface area contributed by atoms with E-state index in [1.54, 1.807) is 13.0 Å². The van der Waals surface area contributed by atoms with Crippen molar-refractivity contribution in [3.05, 3.63) is 23.8 Å². The van der Waals surface area contributed by atoms with E-state index in [9.17, 15) is 14.0 Å². The Morgan fingerprint density at radius 3 is 2.64 bits per heavy atom. The van der Waals surface area contributed by atoms with Gasteiger partial charge in [0.15, 0.2) is 0 Å². The molecular formula is C15H20FN3O3. The van der Waals surface area contributed by atoms with E-state index in [0.29, 0.717) is 43.9 Å². The Bertz CT molecular complexity index is 557. The SMILES string of the molecule is CCNC(=O)Nc1ccc(C(=O)O)cc1N1CCC(F)CC1. The minimum Gasteiger partial charge on any atom is -0.478 e. The number of urea groups is 1. The van der Waals surface area contributed by atoms with Crippen LogP contribution < -0.4 is 15.5 Å². The van der Waals surface area contributed by atoms with Crippen molar-refractivity contribution < 1.29 is 19.1 Å². The first-order valence-electron chi connectivity index (χ1n) is 7.32. The number of carbonyl (C=O) groups is 2. The van der Waals surface area contributed by atoms with Gasteiger partial charge in [-0.3, -0.25) is 0 Å². The Balaban J connectivity index is 2.27. The van der Waals surface area contributed by atoms with Crippen LogP contribution in [0.25, 0.3) is 0 Å². The molecule has 1 aliphatic heterocycles. The number of benzene rings is 1. The van der Waals surface area contributed by atoms with Crippen molar-refractivity contribution in [1.29, 1.82) is 0 Å². The number of hydrogen-bond donors (Lipinski definition) is 3. The summed E-state index contributed by atoms with van der Waals surface area (Å²) in [5.74, 6) is -1.04. The predicted octanol–water partition coefficient (Wildman–Crippen LogP) is 2.46. The summed E-state index contributed by atoms with van der Waals surface area (Å²) < 4.78 is 13.3. The maximum Gasteiger partial charge on any atom is 0.335 e. The molecule has 1 aliphatic rings. The monoisotopic (exact) mass is 309 g/mol. The highest BCUT2D eigenvalue weighted by molar-refractivity contribution is 5.96. The fourth-order valence-corrected chi connectivity index (χ4v) is 2.45. The van der Waals surface area contributed by atoms with Crippen molar-refractivity contribution in [2.75, 3.05) is 29.9 Å². The van der Waals surface area contributed by atoms with Crippen LogP contribution in [0.4, 0.5) is 20.6 Å². The number of carboxylic acids is 1. The first-order chi connectivity index (χ1) is 10.5. The van der Waals surface area contributed by atoms with E-state index in [1.807, 2.05) is 4.90 Å². The van der Waals surface area contributed by atoms with E-state index in [1.165, 1.54) is 12.1 Å². The van der Waals surface area contributed by atoms with Crippen LogP contribution in [0.5, 0.6) is 0 Å². The number of nitrogens with zero attached hydrogens (tertiary/aromatic N) is 1. The largest absolute Gasteiger partial charge is 0.478 e. The van der Waals surface area contributed by atoms with Crippen molar-refractivity contribution in [3.8, 4) is 0 Å². The lowest BCUT2D eigenvalue weighted by Gasteiger charge is -2.32. The molecule has 3 N–H and O–H groups in total. The molecule has 0 bridgehead atoms. The average Bonchev–Trinajstić information content (AvgIpc) is 2.48. The summed E-state index contributed by atoms with van der Waals surface area (Å²) in [5.41, 5.74) is 1.27. The fourth-order valence-electron chi connectivity index (χ4n) is 2.45. The number of amides is 2. The van der Waals surface area contributed by atoms with Crippen LogP contribution in [0.2, 0.25) is 0 Å². The van der Waals surface area contributed by atoms with Crippen LogP contribution in [0.1, 0.15) is 30.1 Å². The Labute approximate surface area is 128 Å². The molecule has 7 heteroatoms. The summed E-state index contributed by atoms with van der Waals surface area (Å²) in [7, 11) is 0. The van der Waals surface area contributed by atoms with E-state index < -0.39 is 12.1 Å². The zero-order valence-corrected chi connectivity index (χ0v) is 12.4. The number of aromatic carboxylic acids is 1. The molecule has 1 aromatic carbocycles. The highest BCUT2D eigenvalue weighted by atomic mass is 19.1. The van der Waals surface area contributed by atoms with Crippen molar-refractivity contribution in [3.63, 3.8) is 0 Å². The third kappa shape index (κ3) is 3.87. The van der Waals surface area contributed by atoms with Gasteiger partial charge in [-0.15, -0.1) is 0 Å². The number of nitrogens with one attached hydrogen (secondary N) is 2. The van der Waals surface area contributed by atoms with Crippen molar-refractivity contribution in [2.24, 2.45) is 0 Å². The molecule has 0 saturated carbocycles. The van der Waals surface area contributed by atoms with E-state index in [-0.39, 0.29) is 11.6 Å². The first kappa shape index (κ1) is 16.1. The van der Waals surface area contributed by atoms with Crippen molar-refractivity contribution in [1.82, 2.24) is 5.32 Å². The molecule has 0 aromatic heterocycles. The topological polar surface area (TPSA) is 81.7 Å². The van der Waals surface area contributed by atoms with E-state index in [0.717, 1.165) is 0 Å². The van der Waals surface area contributed by atoms with Crippen LogP contribution >= 0.6 is 0 Å². The molecule has 1 aromatic rings. The third-order valence-corrected chi connectivity index (χ3v) is 3.60. The Morgan fingerprint density at radius 1 is 1.36 bits per heavy atom. The van der Waals surface area contributed by atoms with Gasteiger partial charge >= 0.3 is 12.0 Å². The first-order valence-corrected chi connectivity index (χ1v) is 7.32. The molecule has 120 valence electrons. The van der Waals surface area contributed by atoms with Gasteiger partial charge in [0.1, 0.15) is 6.17 Å². The molecule has 2 amide bonds. The molecule has 0 spiro atoms. The maximum atomic E-state index is 13.3. The van der Waals surface area contributed by atoms with Gasteiger partial charge in [0.05, 0.1) is 16.9 Å². The molecule has 0 unspecified atom stereocenters. The van der Waals surface area contributed by atoms with Crippen LogP contribution in [-0.2, 0) is 0 Å². The standard InChI is InChI=1S/C15H20FN3O3/c1-2-17-15(22)18-12-4-3-10(14(20)21)9-13(12)19-7-5-11(16)6-8-19/h3-4,9,11H,2,5-8H2,1H3,(H,20,21)(H2,17,18,22). The number of alkyl halides is 1. The second-order valence-electron chi connectivity index (χ2n) is 5.18. The van der Waals surface area contributed by atoms with Crippen LogP contribution in [-0.4, -0.2) is 42.9 Å². The summed E-state index contributed by atoms with van der Waals surface area (Å²) in [4.78, 5) is 24.8. The average molecular weight is 309 g/mol. The summed E-state index contributed by atoms with van der Waals surface area (Å²) in [6.45, 7) is 3.28. The second kappa shape index (κ2) is 7.11. The summed E-state index contributed by atoms with van der Waals surface area (Å²) in [6, 6.07) is 4.17. The number of carbonyl (C=O) groups excluding carboxylic acids is 1. The Morgan fingerprint density at radius 2 is 2.05 bits per heavy atom. The minimum atomic E-state index is -1.04. The molecule has 2 rings (SSSR count). The zero-order valence-electron chi connectivity index (χ0n) is 12.4. The zero-order chi connectivity index (χ0) is 16.1. The van der Waals surface area contributed by atoms with Gasteiger partial charge in [-0.1, -0.05) is 0 Å². The number of hydrogen-bond acceptors (Lipinski definition) is 3. The maximum absolute atomic E-state index is 13.3. The highest BCUT2D eigenvalue weighted by Gasteiger charge is 2.22. The highest BCUT2D eigenvalue weighted by Crippen LogP contribution is 2.30. The van der Waals surface area contributed by atoms with Gasteiger partial charge < -0.3 is 20.6 Å². The molecule has 0 radical (unpaired) electrons. The van der Waals surface area contributed by atoms with Crippen molar-refractivity contribution in [2.45, 2.75) is 25.9 Å². The van der Waals surface area contributed by atoms with Gasteiger partial charge in [0, 0.05) is 19.6 Å². The Kier molecular flexibility index (Phi) is 5.19. The molecular weight excluding hydrogens is 289 g/mol. The lowest BCUT2D eigenvalue weighted by molar-refractivity contribution is 0.0697. The summed E-state index contributed by atoms with van der Waals surface area (Å²) in [5, 5.41) is 14.5. The van der Waals surface area contributed by atoms with Gasteiger partial charge in [0.2, 0.25) is 0 Å². The number of piperidine rings is 1. The molecule has 1 saturated heterocycles. The lowest BCUT2D eigenvalue weighted by Crippen LogP contribution is -2.36. The van der Waals surface area contributed by atoms with E-state index in [2.05, 4.69) is 10.6 Å². The summed E-state index contributed by atoms with van der Waals surface area (Å²) in [6.07, 6.45) is -0.0193. The molecule has 1 heterocycles. The van der Waals surface area contributed by atoms with Gasteiger partial charge in [-0.25, -0.2) is 14.0 Å². The van der Waals surface area contributed by atoms with Crippen molar-refractivity contribution >= 4 is 23.4 Å². The molecule has 0 aliphatic carbocycles. The van der Waals surface area contributed by atoms with Gasteiger partial charge in [0.25, 0.3) is 0 Å². The van der Waals surface area contributed by atoms with Crippen LogP contribution in [0.3, 0.4) is 0 Å². The molecule has 0 atom stereocenters. The summed E-state index contributed by atoms with van der Waals surface area (Å²) >= 11 is 0. The molecule has 22 heavy (non-hydrogen) atoms. The van der Waals surface area contributed by atoms with Crippen LogP contribution in [0.15, 0.2) is 18.2 Å². The smallest absolute Gasteiger partial charge is 0.335 e. The molecule has 6 nitrogen and oxygen atoms in total. The van der Waals surface area contributed by atoms with Gasteiger partial charge in [-0.05, 0) is 38.0 Å². The lowest BCUT2D eigenvalue weighted by atomic mass is 10.1. The van der Waals surface area contributed by atoms with E-state index >= 15 is 0 Å². The second-order valence-corrected chi connectivity index (χ2v) is 5.18. The third-order valence-electron chi connectivity index (χ3n) is 3.60. The normalized spacial score (nSPS) is 15.5. The molecule has 1 fully saturated rings. The Hall–Kier alpha value is -2.31. The number of carboxylic acid groups (broad SMARTS) is 1. The number of halogens is 1. The number of rotatable bonds is 4. The predicted molar refractivity (Wildman–Crippen MR) is 82.4 cm³/mol. The van der Waals surface area contributed by atoms with E-state index in [4.69, 9.17) is 5.11 Å².